The van der Waals surface area contributed by atoms with Gasteiger partial charge in [-0.2, -0.15) is 0 Å². The van der Waals surface area contributed by atoms with Gasteiger partial charge in [0.05, 0.1) is 16.8 Å². The van der Waals surface area contributed by atoms with Crippen molar-refractivity contribution in [2.24, 2.45) is 5.92 Å². The van der Waals surface area contributed by atoms with Crippen molar-refractivity contribution in [3.05, 3.63) is 28.8 Å². The molecule has 0 spiro atoms. The van der Waals surface area contributed by atoms with Crippen LogP contribution in [0.1, 0.15) is 39.4 Å². The van der Waals surface area contributed by atoms with E-state index in [0.717, 1.165) is 24.3 Å². The van der Waals surface area contributed by atoms with Gasteiger partial charge in [-0.1, -0.05) is 31.5 Å². The lowest BCUT2D eigenvalue weighted by Crippen LogP contribution is -2.27. The number of hydrogen-bond donors (Lipinski definition) is 1. The first-order valence-corrected chi connectivity index (χ1v) is 6.56. The maximum absolute atomic E-state index is 9.51. The third-order valence-electron chi connectivity index (χ3n) is 2.76. The summed E-state index contributed by atoms with van der Waals surface area (Å²) in [7, 11) is 0. The number of halogens is 1. The van der Waals surface area contributed by atoms with Gasteiger partial charge in [0.1, 0.15) is 0 Å². The number of benzene rings is 1. The van der Waals surface area contributed by atoms with Crippen molar-refractivity contribution in [3.8, 4) is 0 Å². The van der Waals surface area contributed by atoms with Gasteiger partial charge in [-0.05, 0) is 37.5 Å². The summed E-state index contributed by atoms with van der Waals surface area (Å²) in [5.41, 5.74) is 1.91. The molecule has 0 aromatic heterocycles. The topological polar surface area (TPSA) is 23.5 Å². The maximum atomic E-state index is 9.51. The smallest absolute Gasteiger partial charge is 0.0762 e. The fourth-order valence-corrected chi connectivity index (χ4v) is 2.19. The van der Waals surface area contributed by atoms with Crippen LogP contribution in [0.5, 0.6) is 0 Å². The van der Waals surface area contributed by atoms with E-state index in [0.29, 0.717) is 10.9 Å². The molecule has 0 unspecified atom stereocenters. The van der Waals surface area contributed by atoms with E-state index in [-0.39, 0.29) is 0 Å². The van der Waals surface area contributed by atoms with Crippen molar-refractivity contribution < 1.29 is 5.11 Å². The Morgan fingerprint density at radius 1 is 1.29 bits per heavy atom. The molecule has 1 aromatic rings. The third-order valence-corrected chi connectivity index (χ3v) is 3.06. The average molecular weight is 256 g/mol. The Labute approximate surface area is 109 Å². The molecule has 0 amide bonds. The molecule has 3 heteroatoms. The average Bonchev–Trinajstić information content (AvgIpc) is 2.25. The van der Waals surface area contributed by atoms with Crippen molar-refractivity contribution in [1.29, 1.82) is 0 Å². The molecule has 0 radical (unpaired) electrons. The summed E-state index contributed by atoms with van der Waals surface area (Å²) < 4.78 is 0. The van der Waals surface area contributed by atoms with Gasteiger partial charge in [0.15, 0.2) is 0 Å². The Kier molecular flexibility index (Phi) is 5.29. The molecule has 17 heavy (non-hydrogen) atoms. The van der Waals surface area contributed by atoms with Crippen LogP contribution in [0.3, 0.4) is 0 Å². The third kappa shape index (κ3) is 3.90. The normalized spacial score (nSPS) is 12.9. The van der Waals surface area contributed by atoms with Gasteiger partial charge in [-0.3, -0.25) is 0 Å². The number of hydrogen-bond acceptors (Lipinski definition) is 2. The second-order valence-corrected chi connectivity index (χ2v) is 5.23. The van der Waals surface area contributed by atoms with Crippen LogP contribution in [0.25, 0.3) is 0 Å². The second-order valence-electron chi connectivity index (χ2n) is 4.82. The molecule has 0 fully saturated rings. The minimum absolute atomic E-state index is 0.471. The quantitative estimate of drug-likeness (QED) is 0.863. The van der Waals surface area contributed by atoms with Gasteiger partial charge in [0.2, 0.25) is 0 Å². The highest BCUT2D eigenvalue weighted by atomic mass is 35.5. The summed E-state index contributed by atoms with van der Waals surface area (Å²) in [6, 6.07) is 5.79. The molecular weight excluding hydrogens is 234 g/mol. The summed E-state index contributed by atoms with van der Waals surface area (Å²) in [6.45, 7) is 10.2. The predicted molar refractivity (Wildman–Crippen MR) is 74.8 cm³/mol. The molecule has 0 aliphatic heterocycles. The van der Waals surface area contributed by atoms with Crippen LogP contribution in [0.2, 0.25) is 5.02 Å². The van der Waals surface area contributed by atoms with Crippen molar-refractivity contribution in [3.63, 3.8) is 0 Å². The molecule has 0 saturated carbocycles. The number of anilines is 1. The van der Waals surface area contributed by atoms with E-state index in [1.807, 2.05) is 18.2 Å². The van der Waals surface area contributed by atoms with Gasteiger partial charge in [-0.25, -0.2) is 0 Å². The van der Waals surface area contributed by atoms with Crippen LogP contribution in [0.4, 0.5) is 5.69 Å². The summed E-state index contributed by atoms with van der Waals surface area (Å²) >= 11 is 6.28. The molecule has 2 nitrogen and oxygen atoms in total. The first kappa shape index (κ1) is 14.3. The number of aliphatic hydroxyl groups is 1. The summed E-state index contributed by atoms with van der Waals surface area (Å²) in [4.78, 5) is 2.26. The number of nitrogens with zero attached hydrogens (tertiary/aromatic N) is 1. The van der Waals surface area contributed by atoms with Crippen LogP contribution < -0.4 is 4.90 Å². The van der Waals surface area contributed by atoms with Crippen molar-refractivity contribution in [1.82, 2.24) is 0 Å². The second kappa shape index (κ2) is 6.27. The molecule has 0 aliphatic carbocycles. The van der Waals surface area contributed by atoms with E-state index < -0.39 is 6.10 Å². The van der Waals surface area contributed by atoms with E-state index in [1.165, 1.54) is 0 Å². The molecular formula is C14H22ClNO. The highest BCUT2D eigenvalue weighted by Gasteiger charge is 2.12. The standard InChI is InChI=1S/C14H22ClNO/c1-5-16(9-10(2)3)14-7-6-12(11(4)17)8-13(14)15/h6-8,10-11,17H,5,9H2,1-4H3/t11-/m0/s1. The van der Waals surface area contributed by atoms with Gasteiger partial charge in [0, 0.05) is 13.1 Å². The zero-order valence-electron chi connectivity index (χ0n) is 11.1. The lowest BCUT2D eigenvalue weighted by Gasteiger charge is -2.26. The Hall–Kier alpha value is -0.730. The van der Waals surface area contributed by atoms with E-state index in [9.17, 15) is 5.11 Å². The molecule has 0 bridgehead atoms. The monoisotopic (exact) mass is 255 g/mol. The molecule has 96 valence electrons. The SMILES string of the molecule is CCN(CC(C)C)c1ccc([C@H](C)O)cc1Cl. The highest BCUT2D eigenvalue weighted by molar-refractivity contribution is 6.33. The molecule has 1 atom stereocenters. The number of rotatable bonds is 5. The minimum atomic E-state index is -0.471. The van der Waals surface area contributed by atoms with Gasteiger partial charge in [-0.15, -0.1) is 0 Å². The molecule has 0 heterocycles. The van der Waals surface area contributed by atoms with Crippen LogP contribution in [-0.2, 0) is 0 Å². The maximum Gasteiger partial charge on any atom is 0.0762 e. The molecule has 1 rings (SSSR count). The lowest BCUT2D eigenvalue weighted by molar-refractivity contribution is 0.199. The van der Waals surface area contributed by atoms with Crippen molar-refractivity contribution in [2.75, 3.05) is 18.0 Å². The zero-order chi connectivity index (χ0) is 13.0. The van der Waals surface area contributed by atoms with Gasteiger partial charge < -0.3 is 10.0 Å². The van der Waals surface area contributed by atoms with Crippen LogP contribution in [0, 0.1) is 5.92 Å². The van der Waals surface area contributed by atoms with E-state index in [2.05, 4.69) is 25.7 Å². The predicted octanol–water partition coefficient (Wildman–Crippen LogP) is 3.88. The Balaban J connectivity index is 2.96. The lowest BCUT2D eigenvalue weighted by atomic mass is 10.1. The van der Waals surface area contributed by atoms with E-state index in [4.69, 9.17) is 11.6 Å². The summed E-state index contributed by atoms with van der Waals surface area (Å²) in [5, 5.41) is 10.2. The molecule has 0 aliphatic rings. The van der Waals surface area contributed by atoms with Crippen molar-refractivity contribution in [2.45, 2.75) is 33.8 Å². The van der Waals surface area contributed by atoms with E-state index >= 15 is 0 Å². The van der Waals surface area contributed by atoms with Crippen LogP contribution in [-0.4, -0.2) is 18.2 Å². The fraction of sp³-hybridized carbons (Fsp3) is 0.571. The van der Waals surface area contributed by atoms with Gasteiger partial charge >= 0.3 is 0 Å². The summed E-state index contributed by atoms with van der Waals surface area (Å²) in [6.07, 6.45) is -0.471. The Morgan fingerprint density at radius 3 is 2.35 bits per heavy atom. The summed E-state index contributed by atoms with van der Waals surface area (Å²) in [5.74, 6) is 0.599. The molecule has 1 aromatic carbocycles. The Bertz CT molecular complexity index is 363. The first-order valence-electron chi connectivity index (χ1n) is 6.18. The molecule has 0 saturated heterocycles. The zero-order valence-corrected chi connectivity index (χ0v) is 11.8. The van der Waals surface area contributed by atoms with Crippen LogP contribution >= 0.6 is 11.6 Å². The highest BCUT2D eigenvalue weighted by Crippen LogP contribution is 2.29. The fourth-order valence-electron chi connectivity index (χ4n) is 1.88. The minimum Gasteiger partial charge on any atom is -0.389 e. The Morgan fingerprint density at radius 2 is 1.94 bits per heavy atom. The van der Waals surface area contributed by atoms with Crippen LogP contribution in [0.15, 0.2) is 18.2 Å². The first-order chi connectivity index (χ1) is 7.95. The largest absolute Gasteiger partial charge is 0.389 e. The van der Waals surface area contributed by atoms with Crippen molar-refractivity contribution >= 4 is 17.3 Å². The number of aliphatic hydroxyl groups excluding tert-OH is 1. The molecule has 1 N–H and O–H groups in total. The van der Waals surface area contributed by atoms with Gasteiger partial charge in [0.25, 0.3) is 0 Å². The van der Waals surface area contributed by atoms with E-state index in [1.54, 1.807) is 6.92 Å².